The summed E-state index contributed by atoms with van der Waals surface area (Å²) in [6.07, 6.45) is -0.0210. The maximum Gasteiger partial charge on any atom is 0.232 e. The average molecular weight is 260 g/mol. The van der Waals surface area contributed by atoms with Crippen LogP contribution in [0.3, 0.4) is 0 Å². The van der Waals surface area contributed by atoms with Gasteiger partial charge in [0, 0.05) is 23.9 Å². The molecule has 0 radical (unpaired) electrons. The summed E-state index contributed by atoms with van der Waals surface area (Å²) in [7, 11) is 0. The van der Waals surface area contributed by atoms with Gasteiger partial charge in [0.25, 0.3) is 0 Å². The van der Waals surface area contributed by atoms with E-state index in [4.69, 9.17) is 10.5 Å². The van der Waals surface area contributed by atoms with Crippen LogP contribution in [-0.2, 0) is 9.53 Å². The minimum absolute atomic E-state index is 0.0210. The van der Waals surface area contributed by atoms with Gasteiger partial charge >= 0.3 is 0 Å². The molecule has 1 saturated heterocycles. The van der Waals surface area contributed by atoms with E-state index in [0.717, 1.165) is 0 Å². The zero-order valence-corrected chi connectivity index (χ0v) is 12.0. The summed E-state index contributed by atoms with van der Waals surface area (Å²) in [5.74, 6) is 0.730. The number of nitrogens with two attached hydrogens (primary N) is 1. The number of thioether (sulfide) groups is 1. The van der Waals surface area contributed by atoms with Gasteiger partial charge in [0.15, 0.2) is 0 Å². The Morgan fingerprint density at radius 3 is 2.76 bits per heavy atom. The highest BCUT2D eigenvalue weighted by molar-refractivity contribution is 8.01. The van der Waals surface area contributed by atoms with Gasteiger partial charge in [-0.3, -0.25) is 4.79 Å². The van der Waals surface area contributed by atoms with Gasteiger partial charge in [0.05, 0.1) is 18.5 Å². The van der Waals surface area contributed by atoms with Crippen LogP contribution >= 0.6 is 11.8 Å². The SMILES string of the molecule is CC(N)C1CN(C(=O)CSC(C)(C)C)CCO1. The summed E-state index contributed by atoms with van der Waals surface area (Å²) >= 11 is 1.68. The van der Waals surface area contributed by atoms with Crippen molar-refractivity contribution in [1.29, 1.82) is 0 Å². The Hall–Kier alpha value is -0.260. The van der Waals surface area contributed by atoms with Gasteiger partial charge in [-0.1, -0.05) is 20.8 Å². The van der Waals surface area contributed by atoms with Crippen LogP contribution in [-0.4, -0.2) is 53.1 Å². The van der Waals surface area contributed by atoms with E-state index in [1.54, 1.807) is 11.8 Å². The Balaban J connectivity index is 2.41. The number of nitrogens with zero attached hydrogens (tertiary/aromatic N) is 1. The first kappa shape index (κ1) is 14.8. The molecule has 0 saturated carbocycles. The Bertz CT molecular complexity index is 264. The summed E-state index contributed by atoms with van der Waals surface area (Å²) in [5.41, 5.74) is 5.80. The van der Waals surface area contributed by atoms with Crippen LogP contribution in [0.25, 0.3) is 0 Å². The quantitative estimate of drug-likeness (QED) is 0.825. The van der Waals surface area contributed by atoms with Crippen LogP contribution in [0.15, 0.2) is 0 Å². The van der Waals surface area contributed by atoms with Crippen molar-refractivity contribution in [2.45, 2.75) is 44.6 Å². The first-order valence-electron chi connectivity index (χ1n) is 6.08. The van der Waals surface area contributed by atoms with Crippen LogP contribution in [0.2, 0.25) is 0 Å². The number of morpholine rings is 1. The zero-order chi connectivity index (χ0) is 13.1. The average Bonchev–Trinajstić information content (AvgIpc) is 2.25. The molecule has 0 spiro atoms. The Kier molecular flexibility index (Phi) is 5.28. The molecule has 4 nitrogen and oxygen atoms in total. The molecular formula is C12H24N2O2S. The van der Waals surface area contributed by atoms with E-state index in [2.05, 4.69) is 20.8 Å². The molecule has 1 amide bonds. The normalized spacial score (nSPS) is 23.6. The van der Waals surface area contributed by atoms with Crippen molar-refractivity contribution >= 4 is 17.7 Å². The molecule has 0 aliphatic carbocycles. The first-order chi connectivity index (χ1) is 7.79. The first-order valence-corrected chi connectivity index (χ1v) is 7.07. The largest absolute Gasteiger partial charge is 0.373 e. The highest BCUT2D eigenvalue weighted by atomic mass is 32.2. The summed E-state index contributed by atoms with van der Waals surface area (Å²) in [5, 5.41) is 0. The molecule has 5 heteroatoms. The van der Waals surface area contributed by atoms with E-state index >= 15 is 0 Å². The van der Waals surface area contributed by atoms with Crippen molar-refractivity contribution < 1.29 is 9.53 Å². The predicted octanol–water partition coefficient (Wildman–Crippen LogP) is 1.09. The summed E-state index contributed by atoms with van der Waals surface area (Å²) < 4.78 is 5.67. The van der Waals surface area contributed by atoms with Crippen LogP contribution < -0.4 is 5.73 Å². The summed E-state index contributed by atoms with van der Waals surface area (Å²) in [6.45, 7) is 10.2. The molecule has 100 valence electrons. The maximum atomic E-state index is 12.0. The summed E-state index contributed by atoms with van der Waals surface area (Å²) in [6, 6.07) is -0.0270. The van der Waals surface area contributed by atoms with Crippen molar-refractivity contribution in [3.05, 3.63) is 0 Å². The van der Waals surface area contributed by atoms with Gasteiger partial charge in [-0.15, -0.1) is 11.8 Å². The Morgan fingerprint density at radius 2 is 2.24 bits per heavy atom. The fourth-order valence-corrected chi connectivity index (χ4v) is 2.33. The molecular weight excluding hydrogens is 236 g/mol. The number of hydrogen-bond donors (Lipinski definition) is 1. The van der Waals surface area contributed by atoms with Gasteiger partial charge in [0.2, 0.25) is 5.91 Å². The lowest BCUT2D eigenvalue weighted by molar-refractivity contribution is -0.136. The van der Waals surface area contributed by atoms with E-state index in [1.807, 2.05) is 11.8 Å². The van der Waals surface area contributed by atoms with E-state index in [1.165, 1.54) is 0 Å². The van der Waals surface area contributed by atoms with Crippen molar-refractivity contribution in [3.8, 4) is 0 Å². The number of amides is 1. The molecule has 0 aromatic rings. The standard InChI is InChI=1S/C12H24N2O2S/c1-9(13)10-7-14(5-6-16-10)11(15)8-17-12(2,3)4/h9-10H,5-8,13H2,1-4H3. The number of carbonyl (C=O) groups excluding carboxylic acids is 1. The third-order valence-electron chi connectivity index (χ3n) is 2.66. The third-order valence-corrected chi connectivity index (χ3v) is 3.92. The van der Waals surface area contributed by atoms with Crippen LogP contribution in [0.4, 0.5) is 0 Å². The molecule has 1 heterocycles. The maximum absolute atomic E-state index is 12.0. The van der Waals surface area contributed by atoms with Crippen molar-refractivity contribution in [1.82, 2.24) is 4.90 Å². The number of rotatable bonds is 3. The number of ether oxygens (including phenoxy) is 1. The minimum atomic E-state index is -0.0270. The molecule has 0 aromatic carbocycles. The fraction of sp³-hybridized carbons (Fsp3) is 0.917. The highest BCUT2D eigenvalue weighted by Gasteiger charge is 2.27. The Morgan fingerprint density at radius 1 is 1.59 bits per heavy atom. The number of hydrogen-bond acceptors (Lipinski definition) is 4. The van der Waals surface area contributed by atoms with E-state index in [9.17, 15) is 4.79 Å². The molecule has 0 bridgehead atoms. The molecule has 2 unspecified atom stereocenters. The molecule has 2 atom stereocenters. The Labute approximate surface area is 108 Å². The smallest absolute Gasteiger partial charge is 0.232 e. The van der Waals surface area contributed by atoms with Gasteiger partial charge in [-0.2, -0.15) is 0 Å². The van der Waals surface area contributed by atoms with Gasteiger partial charge < -0.3 is 15.4 Å². The molecule has 1 aliphatic rings. The topological polar surface area (TPSA) is 55.6 Å². The van der Waals surface area contributed by atoms with Gasteiger partial charge in [-0.05, 0) is 6.92 Å². The fourth-order valence-electron chi connectivity index (χ4n) is 1.59. The van der Waals surface area contributed by atoms with E-state index in [-0.39, 0.29) is 22.8 Å². The summed E-state index contributed by atoms with van der Waals surface area (Å²) in [4.78, 5) is 13.9. The molecule has 0 aromatic heterocycles. The molecule has 1 aliphatic heterocycles. The highest BCUT2D eigenvalue weighted by Crippen LogP contribution is 2.23. The second-order valence-corrected chi connectivity index (χ2v) is 7.31. The number of carbonyl (C=O) groups is 1. The second-order valence-electron chi connectivity index (χ2n) is 5.51. The lowest BCUT2D eigenvalue weighted by atomic mass is 10.1. The minimum Gasteiger partial charge on any atom is -0.373 e. The second kappa shape index (κ2) is 6.07. The van der Waals surface area contributed by atoms with E-state index < -0.39 is 0 Å². The molecule has 1 rings (SSSR count). The lowest BCUT2D eigenvalue weighted by Crippen LogP contribution is -2.52. The van der Waals surface area contributed by atoms with Crippen LogP contribution in [0.5, 0.6) is 0 Å². The van der Waals surface area contributed by atoms with Gasteiger partial charge in [0.1, 0.15) is 0 Å². The van der Waals surface area contributed by atoms with Crippen molar-refractivity contribution in [2.24, 2.45) is 5.73 Å². The monoisotopic (exact) mass is 260 g/mol. The predicted molar refractivity (Wildman–Crippen MR) is 72.2 cm³/mol. The molecule has 17 heavy (non-hydrogen) atoms. The molecule has 2 N–H and O–H groups in total. The van der Waals surface area contributed by atoms with Gasteiger partial charge in [-0.25, -0.2) is 0 Å². The molecule has 1 fully saturated rings. The van der Waals surface area contributed by atoms with Crippen LogP contribution in [0.1, 0.15) is 27.7 Å². The lowest BCUT2D eigenvalue weighted by Gasteiger charge is -2.35. The zero-order valence-electron chi connectivity index (χ0n) is 11.2. The van der Waals surface area contributed by atoms with Crippen molar-refractivity contribution in [2.75, 3.05) is 25.4 Å². The third kappa shape index (κ3) is 5.27. The van der Waals surface area contributed by atoms with E-state index in [0.29, 0.717) is 25.4 Å². The van der Waals surface area contributed by atoms with Crippen LogP contribution in [0, 0.1) is 0 Å². The van der Waals surface area contributed by atoms with Crippen molar-refractivity contribution in [3.63, 3.8) is 0 Å².